The van der Waals surface area contributed by atoms with E-state index in [1.54, 1.807) is 0 Å². The molecule has 0 N–H and O–H groups in total. The molecule has 0 spiro atoms. The minimum absolute atomic E-state index is 0.0806. The maximum atomic E-state index is 6.18. The van der Waals surface area contributed by atoms with Gasteiger partial charge >= 0.3 is 0 Å². The number of rotatable bonds is 1. The lowest BCUT2D eigenvalue weighted by atomic mass is 9.80. The molecule has 0 bridgehead atoms. The Bertz CT molecular complexity index is 485. The van der Waals surface area contributed by atoms with Crippen LogP contribution in [0.2, 0.25) is 5.15 Å². The fourth-order valence-corrected chi connectivity index (χ4v) is 2.76. The molecule has 1 aliphatic heterocycles. The van der Waals surface area contributed by atoms with E-state index in [2.05, 4.69) is 51.4 Å². The highest BCUT2D eigenvalue weighted by Crippen LogP contribution is 2.35. The number of nitrogens with zero attached hydrogens (tertiary/aromatic N) is 3. The SMILES string of the molecule is CC(C)(C)c1nc(Cl)cc(N2CCC(C(C)(C)C)C2)n1. The van der Waals surface area contributed by atoms with Crippen LogP contribution in [0.3, 0.4) is 0 Å². The highest BCUT2D eigenvalue weighted by atomic mass is 35.5. The summed E-state index contributed by atoms with van der Waals surface area (Å²) in [5.41, 5.74) is 0.265. The van der Waals surface area contributed by atoms with Gasteiger partial charge in [0.05, 0.1) is 0 Å². The van der Waals surface area contributed by atoms with E-state index < -0.39 is 0 Å². The van der Waals surface area contributed by atoms with E-state index in [1.807, 2.05) is 6.07 Å². The van der Waals surface area contributed by atoms with Gasteiger partial charge in [0, 0.05) is 24.6 Å². The molecule has 0 radical (unpaired) electrons. The second-order valence-corrected chi connectivity index (χ2v) is 8.31. The molecule has 1 saturated heterocycles. The van der Waals surface area contributed by atoms with E-state index in [0.717, 1.165) is 24.7 Å². The third-order valence-corrected chi connectivity index (χ3v) is 4.28. The van der Waals surface area contributed by atoms with Crippen molar-refractivity contribution in [2.75, 3.05) is 18.0 Å². The quantitative estimate of drug-likeness (QED) is 0.723. The Morgan fingerprint density at radius 1 is 1.15 bits per heavy atom. The number of hydrogen-bond acceptors (Lipinski definition) is 3. The molecule has 112 valence electrons. The third-order valence-electron chi connectivity index (χ3n) is 4.09. The van der Waals surface area contributed by atoms with Crippen molar-refractivity contribution in [3.8, 4) is 0 Å². The fraction of sp³-hybridized carbons (Fsp3) is 0.750. The molecule has 0 amide bonds. The van der Waals surface area contributed by atoms with Crippen LogP contribution in [0.25, 0.3) is 0 Å². The van der Waals surface area contributed by atoms with Crippen LogP contribution in [-0.2, 0) is 5.41 Å². The van der Waals surface area contributed by atoms with Gasteiger partial charge in [-0.2, -0.15) is 0 Å². The van der Waals surface area contributed by atoms with E-state index in [1.165, 1.54) is 6.42 Å². The van der Waals surface area contributed by atoms with Gasteiger partial charge in [-0.1, -0.05) is 53.1 Å². The van der Waals surface area contributed by atoms with E-state index >= 15 is 0 Å². The van der Waals surface area contributed by atoms with Gasteiger partial charge in [0.25, 0.3) is 0 Å². The first kappa shape index (κ1) is 15.6. The first-order chi connectivity index (χ1) is 9.07. The summed E-state index contributed by atoms with van der Waals surface area (Å²) in [5.74, 6) is 2.50. The summed E-state index contributed by atoms with van der Waals surface area (Å²) >= 11 is 6.18. The lowest BCUT2D eigenvalue weighted by Gasteiger charge is -2.27. The van der Waals surface area contributed by atoms with Crippen LogP contribution in [0.15, 0.2) is 6.07 Å². The van der Waals surface area contributed by atoms with Crippen LogP contribution in [0.5, 0.6) is 0 Å². The average molecular weight is 296 g/mol. The molecular weight excluding hydrogens is 270 g/mol. The van der Waals surface area contributed by atoms with Crippen molar-refractivity contribution >= 4 is 17.4 Å². The second kappa shape index (κ2) is 5.18. The summed E-state index contributed by atoms with van der Waals surface area (Å²) in [5, 5.41) is 0.541. The van der Waals surface area contributed by atoms with E-state index in [0.29, 0.717) is 16.5 Å². The second-order valence-electron chi connectivity index (χ2n) is 7.92. The number of anilines is 1. The van der Waals surface area contributed by atoms with Crippen LogP contribution in [0.4, 0.5) is 5.82 Å². The zero-order valence-corrected chi connectivity index (χ0v) is 14.3. The van der Waals surface area contributed by atoms with Crippen molar-refractivity contribution in [2.45, 2.75) is 53.4 Å². The molecule has 1 unspecified atom stereocenters. The highest BCUT2D eigenvalue weighted by Gasteiger charge is 2.33. The fourth-order valence-electron chi connectivity index (χ4n) is 2.58. The molecule has 3 nitrogen and oxygen atoms in total. The molecule has 2 rings (SSSR count). The van der Waals surface area contributed by atoms with Gasteiger partial charge in [-0.25, -0.2) is 9.97 Å². The topological polar surface area (TPSA) is 29.0 Å². The molecule has 0 aromatic carbocycles. The molecular formula is C16H26ClN3. The van der Waals surface area contributed by atoms with Gasteiger partial charge in [-0.3, -0.25) is 0 Å². The first-order valence-corrected chi connectivity index (χ1v) is 7.75. The zero-order valence-electron chi connectivity index (χ0n) is 13.5. The normalized spacial score (nSPS) is 20.6. The molecule has 2 heterocycles. The molecule has 4 heteroatoms. The highest BCUT2D eigenvalue weighted by molar-refractivity contribution is 6.29. The molecule has 20 heavy (non-hydrogen) atoms. The van der Waals surface area contributed by atoms with Gasteiger partial charge < -0.3 is 4.90 Å². The number of halogens is 1. The summed E-state index contributed by atoms with van der Waals surface area (Å²) in [6.07, 6.45) is 1.22. The van der Waals surface area contributed by atoms with Crippen molar-refractivity contribution in [3.63, 3.8) is 0 Å². The molecule has 1 atom stereocenters. The van der Waals surface area contributed by atoms with Crippen molar-refractivity contribution < 1.29 is 0 Å². The van der Waals surface area contributed by atoms with Crippen molar-refractivity contribution in [1.82, 2.24) is 9.97 Å². The Balaban J connectivity index is 2.25. The molecule has 1 aromatic heterocycles. The Kier molecular flexibility index (Phi) is 4.03. The molecule has 1 fully saturated rings. The molecule has 0 saturated carbocycles. The Morgan fingerprint density at radius 2 is 1.80 bits per heavy atom. The summed E-state index contributed by atoms with van der Waals surface area (Å²) in [6, 6.07) is 1.89. The Morgan fingerprint density at radius 3 is 2.30 bits per heavy atom. The summed E-state index contributed by atoms with van der Waals surface area (Å²) in [4.78, 5) is 11.5. The third kappa shape index (κ3) is 3.43. The van der Waals surface area contributed by atoms with E-state index in [9.17, 15) is 0 Å². The van der Waals surface area contributed by atoms with E-state index in [-0.39, 0.29) is 5.41 Å². The van der Waals surface area contributed by atoms with Crippen LogP contribution in [0.1, 0.15) is 53.8 Å². The number of hydrogen-bond donors (Lipinski definition) is 0. The van der Waals surface area contributed by atoms with Crippen molar-refractivity contribution in [2.24, 2.45) is 11.3 Å². The maximum Gasteiger partial charge on any atom is 0.137 e. The minimum Gasteiger partial charge on any atom is -0.356 e. The predicted octanol–water partition coefficient (Wildman–Crippen LogP) is 4.30. The van der Waals surface area contributed by atoms with Crippen LogP contribution in [-0.4, -0.2) is 23.1 Å². The van der Waals surface area contributed by atoms with Crippen LogP contribution >= 0.6 is 11.6 Å². The largest absolute Gasteiger partial charge is 0.356 e. The lowest BCUT2D eigenvalue weighted by molar-refractivity contribution is 0.263. The van der Waals surface area contributed by atoms with Gasteiger partial charge in [0.1, 0.15) is 16.8 Å². The Labute approximate surface area is 127 Å². The van der Waals surface area contributed by atoms with Crippen LogP contribution < -0.4 is 4.90 Å². The average Bonchev–Trinajstić information content (AvgIpc) is 2.75. The molecule has 1 aliphatic rings. The zero-order chi connectivity index (χ0) is 15.1. The van der Waals surface area contributed by atoms with E-state index in [4.69, 9.17) is 16.6 Å². The summed E-state index contributed by atoms with van der Waals surface area (Å²) < 4.78 is 0. The van der Waals surface area contributed by atoms with Crippen molar-refractivity contribution in [1.29, 1.82) is 0 Å². The predicted molar refractivity (Wildman–Crippen MR) is 85.5 cm³/mol. The van der Waals surface area contributed by atoms with Gasteiger partial charge in [-0.05, 0) is 17.8 Å². The Hall–Kier alpha value is -0.830. The van der Waals surface area contributed by atoms with Gasteiger partial charge in [-0.15, -0.1) is 0 Å². The van der Waals surface area contributed by atoms with Gasteiger partial charge in [0.2, 0.25) is 0 Å². The standard InChI is InChI=1S/C16H26ClN3/c1-15(2,3)11-7-8-20(10-11)13-9-12(17)18-14(19-13)16(4,5)6/h9,11H,7-8,10H2,1-6H3. The summed E-state index contributed by atoms with van der Waals surface area (Å²) in [6.45, 7) is 15.4. The first-order valence-electron chi connectivity index (χ1n) is 7.37. The van der Waals surface area contributed by atoms with Crippen LogP contribution in [0, 0.1) is 11.3 Å². The lowest BCUT2D eigenvalue weighted by Crippen LogP contribution is -2.27. The molecule has 1 aromatic rings. The van der Waals surface area contributed by atoms with Gasteiger partial charge in [0.15, 0.2) is 0 Å². The summed E-state index contributed by atoms with van der Waals surface area (Å²) in [7, 11) is 0. The molecule has 0 aliphatic carbocycles. The smallest absolute Gasteiger partial charge is 0.137 e. The maximum absolute atomic E-state index is 6.18. The monoisotopic (exact) mass is 295 g/mol. The minimum atomic E-state index is -0.0806. The number of aromatic nitrogens is 2. The van der Waals surface area contributed by atoms with Crippen molar-refractivity contribution in [3.05, 3.63) is 17.0 Å².